The summed E-state index contributed by atoms with van der Waals surface area (Å²) < 4.78 is 9.43. The predicted octanol–water partition coefficient (Wildman–Crippen LogP) is 1.47. The summed E-state index contributed by atoms with van der Waals surface area (Å²) in [4.78, 5) is 68.1. The summed E-state index contributed by atoms with van der Waals surface area (Å²) >= 11 is 0. The monoisotopic (exact) mass is 494 g/mol. The van der Waals surface area contributed by atoms with Gasteiger partial charge >= 0.3 is 187 Å². The van der Waals surface area contributed by atoms with Gasteiger partial charge in [-0.1, -0.05) is 0 Å². The van der Waals surface area contributed by atoms with Gasteiger partial charge in [-0.05, 0) is 0 Å². The number of benzene rings is 2. The van der Waals surface area contributed by atoms with Crippen LogP contribution in [-0.2, 0) is 0 Å². The maximum atomic E-state index is 9.12. The van der Waals surface area contributed by atoms with Crippen molar-refractivity contribution < 1.29 is 38.4 Å². The van der Waals surface area contributed by atoms with Crippen LogP contribution in [0.3, 0.4) is 0 Å². The third kappa shape index (κ3) is 5.85. The minimum atomic E-state index is -4.74. The molecule has 33 heavy (non-hydrogen) atoms. The van der Waals surface area contributed by atoms with Crippen molar-refractivity contribution >= 4 is 33.3 Å². The molecule has 2 aromatic heterocycles. The molecule has 0 saturated heterocycles. The number of nitrogen functional groups attached to an aromatic ring is 1. The van der Waals surface area contributed by atoms with Crippen LogP contribution in [0.4, 0.5) is 5.82 Å². The Kier molecular flexibility index (Phi) is 6.10. The summed E-state index contributed by atoms with van der Waals surface area (Å²) in [5.74, 6) is 0.358. The molecule has 0 aliphatic carbocycles. The minimum absolute atomic E-state index is 0.0433. The van der Waals surface area contributed by atoms with E-state index in [4.69, 9.17) is 44.1 Å². The first-order valence-corrected chi connectivity index (χ1v) is 12.8. The van der Waals surface area contributed by atoms with Gasteiger partial charge in [0, 0.05) is 0 Å². The van der Waals surface area contributed by atoms with Crippen LogP contribution in [0.5, 0.6) is 11.5 Å². The van der Waals surface area contributed by atoms with Crippen molar-refractivity contribution in [3.05, 3.63) is 60.7 Å². The number of fused-ring (bicyclic) bond motifs is 1. The van der Waals surface area contributed by atoms with Gasteiger partial charge in [0.1, 0.15) is 0 Å². The zero-order valence-corrected chi connectivity index (χ0v) is 18.7. The Bertz CT molecular complexity index is 1290. The van der Waals surface area contributed by atoms with Crippen LogP contribution >= 0.6 is 16.3 Å². The van der Waals surface area contributed by atoms with E-state index in [1.165, 1.54) is 24.3 Å². The Morgan fingerprint density at radius 1 is 0.576 bits per heavy atom. The number of pyridine rings is 1. The van der Waals surface area contributed by atoms with Gasteiger partial charge in [-0.15, -0.1) is 0 Å². The van der Waals surface area contributed by atoms with Crippen molar-refractivity contribution in [1.82, 2.24) is 15.0 Å². The predicted molar refractivity (Wildman–Crippen MR) is 124 cm³/mol. The average Bonchev–Trinajstić information content (AvgIpc) is 2.72. The van der Waals surface area contributed by atoms with Crippen LogP contribution in [0.15, 0.2) is 60.7 Å². The summed E-state index contributed by atoms with van der Waals surface area (Å²) in [7, 11) is -9.47. The Hall–Kier alpha value is -3.05. The Morgan fingerprint density at radius 3 is 1.48 bits per heavy atom. The first-order chi connectivity index (χ1) is 15.5. The van der Waals surface area contributed by atoms with Crippen molar-refractivity contribution in [2.75, 3.05) is 5.73 Å². The molecule has 12 nitrogen and oxygen atoms in total. The van der Waals surface area contributed by atoms with E-state index >= 15 is 0 Å². The van der Waals surface area contributed by atoms with E-state index in [9.17, 15) is 0 Å². The molecule has 0 spiro atoms. The number of nitrogens with zero attached hydrogens (tertiary/aromatic N) is 3. The second-order valence-corrected chi connectivity index (χ2v) is 9.60. The summed E-state index contributed by atoms with van der Waals surface area (Å²) in [5.41, 5.74) is 8.59. The topological polar surface area (TPSA) is 205 Å². The fraction of sp³-hybridized carbons (Fsp3) is 0. The standard InChI is InChI=1S/C19H20N4O8P2/c20-16-10-9-15-19(22-16)23-18(12-3-7-14(8-4-12)31-33(27,28)29)17(21-15)11-1-5-13(6-2-11)30-32(24,25)26/h1-10,24-29,32-33H,(H2,20,22,23). The van der Waals surface area contributed by atoms with E-state index in [-0.39, 0.29) is 17.3 Å². The molecule has 0 amide bonds. The van der Waals surface area contributed by atoms with Crippen LogP contribution in [-0.4, -0.2) is 44.3 Å². The van der Waals surface area contributed by atoms with E-state index in [1.807, 2.05) is 0 Å². The summed E-state index contributed by atoms with van der Waals surface area (Å²) in [5, 5.41) is 0. The molecular weight excluding hydrogens is 474 g/mol. The van der Waals surface area contributed by atoms with E-state index in [0.717, 1.165) is 0 Å². The quantitative estimate of drug-likeness (QED) is 0.190. The number of aromatic nitrogens is 3. The molecule has 14 heteroatoms. The molecule has 8 N–H and O–H groups in total. The zero-order chi connectivity index (χ0) is 23.8. The molecule has 0 aliphatic rings. The van der Waals surface area contributed by atoms with E-state index < -0.39 is 16.3 Å². The number of hydrogen-bond donors (Lipinski definition) is 7. The normalized spacial score (nSPS) is 13.0. The van der Waals surface area contributed by atoms with Crippen LogP contribution in [0.1, 0.15) is 0 Å². The third-order valence-electron chi connectivity index (χ3n) is 4.32. The second-order valence-electron chi connectivity index (χ2n) is 6.90. The van der Waals surface area contributed by atoms with Gasteiger partial charge in [-0.3, -0.25) is 0 Å². The van der Waals surface area contributed by atoms with E-state index in [0.29, 0.717) is 33.7 Å². The van der Waals surface area contributed by atoms with Crippen LogP contribution < -0.4 is 14.8 Å². The number of rotatable bonds is 6. The Balaban J connectivity index is 1.80. The molecule has 0 aliphatic heterocycles. The molecular formula is C19H20N4O8P2. The molecule has 0 saturated carbocycles. The molecule has 0 radical (unpaired) electrons. The van der Waals surface area contributed by atoms with Gasteiger partial charge in [0.15, 0.2) is 0 Å². The fourth-order valence-corrected chi connectivity index (χ4v) is 3.94. The van der Waals surface area contributed by atoms with Gasteiger partial charge < -0.3 is 0 Å². The van der Waals surface area contributed by atoms with Crippen molar-refractivity contribution in [2.24, 2.45) is 0 Å². The third-order valence-corrected chi connectivity index (χ3v) is 5.33. The van der Waals surface area contributed by atoms with Crippen molar-refractivity contribution in [1.29, 1.82) is 0 Å². The van der Waals surface area contributed by atoms with Crippen molar-refractivity contribution in [3.8, 4) is 34.0 Å². The summed E-state index contributed by atoms with van der Waals surface area (Å²) in [6.45, 7) is 0. The van der Waals surface area contributed by atoms with Gasteiger partial charge in [0.2, 0.25) is 0 Å². The zero-order valence-electron chi connectivity index (χ0n) is 16.7. The van der Waals surface area contributed by atoms with Crippen LogP contribution in [0, 0.1) is 0 Å². The van der Waals surface area contributed by atoms with Crippen molar-refractivity contribution in [3.63, 3.8) is 0 Å². The molecule has 174 valence electrons. The summed E-state index contributed by atoms with van der Waals surface area (Å²) in [6, 6.07) is 15.3. The van der Waals surface area contributed by atoms with E-state index in [2.05, 4.69) is 15.0 Å². The molecule has 0 atom stereocenters. The molecule has 2 aromatic carbocycles. The molecule has 4 aromatic rings. The molecule has 0 bridgehead atoms. The van der Waals surface area contributed by atoms with Crippen LogP contribution in [0.25, 0.3) is 33.7 Å². The average molecular weight is 494 g/mol. The molecule has 0 fully saturated rings. The Labute approximate surface area is 187 Å². The van der Waals surface area contributed by atoms with Crippen molar-refractivity contribution in [2.45, 2.75) is 0 Å². The van der Waals surface area contributed by atoms with Gasteiger partial charge in [-0.2, -0.15) is 0 Å². The first-order valence-electron chi connectivity index (χ1n) is 9.34. The number of hydrogen-bond acceptors (Lipinski definition) is 12. The molecule has 2 heterocycles. The van der Waals surface area contributed by atoms with E-state index in [1.54, 1.807) is 36.4 Å². The molecule has 4 rings (SSSR count). The first kappa shape index (κ1) is 23.1. The molecule has 0 unspecified atom stereocenters. The number of nitrogens with two attached hydrogens (primary N) is 1. The Morgan fingerprint density at radius 2 is 1.03 bits per heavy atom. The summed E-state index contributed by atoms with van der Waals surface area (Å²) in [6.07, 6.45) is 0. The van der Waals surface area contributed by atoms with Gasteiger partial charge in [0.05, 0.1) is 0 Å². The SMILES string of the molecule is Nc1ccc2nc(-c3ccc(O[PH](O)(O)O)cc3)c(-c3ccc(O[PH](O)(O)O)cc3)nc2n1. The maximum absolute atomic E-state index is 9.12. The number of anilines is 1. The fourth-order valence-electron chi connectivity index (χ4n) is 3.04. The van der Waals surface area contributed by atoms with Gasteiger partial charge in [0.25, 0.3) is 0 Å². The van der Waals surface area contributed by atoms with Gasteiger partial charge in [-0.25, -0.2) is 0 Å². The second kappa shape index (κ2) is 8.71. The van der Waals surface area contributed by atoms with Crippen LogP contribution in [0.2, 0.25) is 0 Å².